The number of benzene rings is 2. The second-order valence-corrected chi connectivity index (χ2v) is 5.54. The minimum atomic E-state index is -4.29. The molecule has 0 atom stereocenters. The van der Waals surface area contributed by atoms with Crippen LogP contribution < -0.4 is 5.73 Å². The summed E-state index contributed by atoms with van der Waals surface area (Å²) < 4.78 is 37.3. The normalized spacial score (nSPS) is 11.6. The van der Waals surface area contributed by atoms with Crippen molar-refractivity contribution in [3.05, 3.63) is 59.2 Å². The topological polar surface area (TPSA) is 26.0 Å². The first-order chi connectivity index (χ1) is 9.36. The van der Waals surface area contributed by atoms with Gasteiger partial charge in [-0.05, 0) is 42.3 Å². The number of anilines is 1. The average molecular weight is 297 g/mol. The van der Waals surface area contributed by atoms with Crippen molar-refractivity contribution in [2.75, 3.05) is 5.73 Å². The standard InChI is InChI=1S/C15H14F3NS/c1-10-2-7-13(19)14(8-10)20-9-11-3-5-12(6-4-11)15(16,17)18/h2-8H,9,19H2,1H3. The third kappa shape index (κ3) is 3.70. The lowest BCUT2D eigenvalue weighted by atomic mass is 10.1. The number of thioether (sulfide) groups is 1. The monoisotopic (exact) mass is 297 g/mol. The van der Waals surface area contributed by atoms with E-state index in [0.29, 0.717) is 11.4 Å². The van der Waals surface area contributed by atoms with Gasteiger partial charge in [0.2, 0.25) is 0 Å². The van der Waals surface area contributed by atoms with Crippen molar-refractivity contribution in [1.82, 2.24) is 0 Å². The van der Waals surface area contributed by atoms with E-state index in [1.54, 1.807) is 0 Å². The van der Waals surface area contributed by atoms with Gasteiger partial charge in [0.1, 0.15) is 0 Å². The van der Waals surface area contributed by atoms with Crippen LogP contribution in [0.3, 0.4) is 0 Å². The van der Waals surface area contributed by atoms with Gasteiger partial charge in [0.15, 0.2) is 0 Å². The van der Waals surface area contributed by atoms with Crippen LogP contribution in [-0.4, -0.2) is 0 Å². The Balaban J connectivity index is 2.06. The number of aryl methyl sites for hydroxylation is 1. The predicted octanol–water partition coefficient (Wildman–Crippen LogP) is 4.89. The van der Waals surface area contributed by atoms with Crippen LogP contribution in [0.1, 0.15) is 16.7 Å². The summed E-state index contributed by atoms with van der Waals surface area (Å²) in [6.07, 6.45) is -4.29. The Morgan fingerprint density at radius 3 is 2.30 bits per heavy atom. The van der Waals surface area contributed by atoms with E-state index in [4.69, 9.17) is 5.73 Å². The zero-order chi connectivity index (χ0) is 14.8. The summed E-state index contributed by atoms with van der Waals surface area (Å²) in [6, 6.07) is 11.0. The highest BCUT2D eigenvalue weighted by Crippen LogP contribution is 2.31. The highest BCUT2D eigenvalue weighted by atomic mass is 32.2. The fourth-order valence-corrected chi connectivity index (χ4v) is 2.74. The maximum Gasteiger partial charge on any atom is 0.416 e. The molecule has 0 aliphatic rings. The number of nitrogens with two attached hydrogens (primary N) is 1. The van der Waals surface area contributed by atoms with Crippen LogP contribution in [0.15, 0.2) is 47.4 Å². The van der Waals surface area contributed by atoms with Crippen molar-refractivity contribution < 1.29 is 13.2 Å². The molecule has 0 aliphatic carbocycles. The van der Waals surface area contributed by atoms with Crippen molar-refractivity contribution >= 4 is 17.4 Å². The van der Waals surface area contributed by atoms with Gasteiger partial charge < -0.3 is 5.73 Å². The summed E-state index contributed by atoms with van der Waals surface area (Å²) in [5.41, 5.74) is 7.87. The molecule has 0 amide bonds. The fourth-order valence-electron chi connectivity index (χ4n) is 1.72. The van der Waals surface area contributed by atoms with E-state index in [9.17, 15) is 13.2 Å². The van der Waals surface area contributed by atoms with E-state index in [1.807, 2.05) is 25.1 Å². The largest absolute Gasteiger partial charge is 0.416 e. The molecule has 0 aromatic heterocycles. The van der Waals surface area contributed by atoms with Crippen LogP contribution in [0.2, 0.25) is 0 Å². The van der Waals surface area contributed by atoms with E-state index in [-0.39, 0.29) is 0 Å². The van der Waals surface area contributed by atoms with E-state index in [0.717, 1.165) is 28.2 Å². The van der Waals surface area contributed by atoms with E-state index >= 15 is 0 Å². The Bertz CT molecular complexity index is 591. The van der Waals surface area contributed by atoms with Gasteiger partial charge >= 0.3 is 6.18 Å². The summed E-state index contributed by atoms with van der Waals surface area (Å²) in [7, 11) is 0. The first kappa shape index (κ1) is 14.8. The number of alkyl halides is 3. The van der Waals surface area contributed by atoms with Crippen LogP contribution in [0.4, 0.5) is 18.9 Å². The number of hydrogen-bond acceptors (Lipinski definition) is 2. The molecule has 106 valence electrons. The highest BCUT2D eigenvalue weighted by Gasteiger charge is 2.29. The van der Waals surface area contributed by atoms with Gasteiger partial charge in [0, 0.05) is 16.3 Å². The van der Waals surface area contributed by atoms with Crippen molar-refractivity contribution in [1.29, 1.82) is 0 Å². The number of hydrogen-bond donors (Lipinski definition) is 1. The molecule has 1 nitrogen and oxygen atoms in total. The Labute approximate surface area is 120 Å². The van der Waals surface area contributed by atoms with Gasteiger partial charge in [-0.3, -0.25) is 0 Å². The van der Waals surface area contributed by atoms with Crippen LogP contribution in [-0.2, 0) is 11.9 Å². The average Bonchev–Trinajstić information content (AvgIpc) is 2.39. The van der Waals surface area contributed by atoms with Crippen molar-refractivity contribution in [3.8, 4) is 0 Å². The molecule has 2 rings (SSSR count). The molecule has 2 aromatic rings. The van der Waals surface area contributed by atoms with Crippen LogP contribution in [0.5, 0.6) is 0 Å². The van der Waals surface area contributed by atoms with Gasteiger partial charge in [0.25, 0.3) is 0 Å². The zero-order valence-electron chi connectivity index (χ0n) is 10.9. The van der Waals surface area contributed by atoms with Gasteiger partial charge in [-0.15, -0.1) is 11.8 Å². The number of halogens is 3. The smallest absolute Gasteiger partial charge is 0.398 e. The molecule has 20 heavy (non-hydrogen) atoms. The lowest BCUT2D eigenvalue weighted by molar-refractivity contribution is -0.137. The molecule has 0 saturated carbocycles. The molecule has 0 radical (unpaired) electrons. The quantitative estimate of drug-likeness (QED) is 0.645. The van der Waals surface area contributed by atoms with E-state index in [2.05, 4.69) is 0 Å². The van der Waals surface area contributed by atoms with Crippen molar-refractivity contribution in [3.63, 3.8) is 0 Å². The maximum atomic E-state index is 12.4. The number of nitrogen functional groups attached to an aromatic ring is 1. The van der Waals surface area contributed by atoms with Crippen molar-refractivity contribution in [2.45, 2.75) is 23.7 Å². The Morgan fingerprint density at radius 2 is 1.70 bits per heavy atom. The molecule has 0 spiro atoms. The zero-order valence-corrected chi connectivity index (χ0v) is 11.7. The van der Waals surface area contributed by atoms with Gasteiger partial charge in [-0.25, -0.2) is 0 Å². The fraction of sp³-hybridized carbons (Fsp3) is 0.200. The van der Waals surface area contributed by atoms with Crippen LogP contribution in [0, 0.1) is 6.92 Å². The Morgan fingerprint density at radius 1 is 1.05 bits per heavy atom. The molecule has 0 bridgehead atoms. The van der Waals surface area contributed by atoms with Crippen LogP contribution >= 0.6 is 11.8 Å². The molecule has 0 saturated heterocycles. The highest BCUT2D eigenvalue weighted by molar-refractivity contribution is 7.98. The molecule has 0 unspecified atom stereocenters. The molecular weight excluding hydrogens is 283 g/mol. The third-order valence-electron chi connectivity index (χ3n) is 2.84. The molecule has 0 heterocycles. The van der Waals surface area contributed by atoms with E-state index < -0.39 is 11.7 Å². The SMILES string of the molecule is Cc1ccc(N)c(SCc2ccc(C(F)(F)F)cc2)c1. The summed E-state index contributed by atoms with van der Waals surface area (Å²) in [5, 5.41) is 0. The summed E-state index contributed by atoms with van der Waals surface area (Å²) in [5.74, 6) is 0.589. The van der Waals surface area contributed by atoms with Crippen LogP contribution in [0.25, 0.3) is 0 Å². The summed E-state index contributed by atoms with van der Waals surface area (Å²) in [4.78, 5) is 0.949. The Hall–Kier alpha value is -1.62. The second-order valence-electron chi connectivity index (χ2n) is 4.52. The van der Waals surface area contributed by atoms with Gasteiger partial charge in [0.05, 0.1) is 5.56 Å². The molecular formula is C15H14F3NS. The minimum Gasteiger partial charge on any atom is -0.398 e. The van der Waals surface area contributed by atoms with Gasteiger partial charge in [-0.1, -0.05) is 18.2 Å². The summed E-state index contributed by atoms with van der Waals surface area (Å²) in [6.45, 7) is 1.97. The molecule has 2 N–H and O–H groups in total. The van der Waals surface area contributed by atoms with Gasteiger partial charge in [-0.2, -0.15) is 13.2 Å². The Kier molecular flexibility index (Phi) is 4.28. The summed E-state index contributed by atoms with van der Waals surface area (Å²) >= 11 is 1.52. The number of rotatable bonds is 3. The first-order valence-electron chi connectivity index (χ1n) is 6.01. The first-order valence-corrected chi connectivity index (χ1v) is 7.00. The molecule has 2 aromatic carbocycles. The third-order valence-corrected chi connectivity index (χ3v) is 3.99. The molecule has 0 aliphatic heterocycles. The van der Waals surface area contributed by atoms with Crippen molar-refractivity contribution in [2.24, 2.45) is 0 Å². The molecule has 5 heteroatoms. The minimum absolute atomic E-state index is 0.589. The molecule has 0 fully saturated rings. The lowest BCUT2D eigenvalue weighted by Gasteiger charge is -2.09. The maximum absolute atomic E-state index is 12.4. The predicted molar refractivity (Wildman–Crippen MR) is 76.6 cm³/mol. The second kappa shape index (κ2) is 5.79. The lowest BCUT2D eigenvalue weighted by Crippen LogP contribution is -2.04. The van der Waals surface area contributed by atoms with E-state index in [1.165, 1.54) is 23.9 Å².